The number of sulfonamides is 1. The second kappa shape index (κ2) is 6.93. The third-order valence-corrected chi connectivity index (χ3v) is 3.72. The van der Waals surface area contributed by atoms with E-state index in [9.17, 15) is 23.3 Å². The van der Waals surface area contributed by atoms with Gasteiger partial charge in [-0.1, -0.05) is 6.07 Å². The lowest BCUT2D eigenvalue weighted by atomic mass is 10.3. The molecule has 0 bridgehead atoms. The number of hydrogen-bond donors (Lipinski definition) is 3. The Labute approximate surface area is 115 Å². The van der Waals surface area contributed by atoms with Crippen molar-refractivity contribution in [2.45, 2.75) is 4.90 Å². The molecule has 0 fully saturated rings. The molecule has 4 N–H and O–H groups in total. The van der Waals surface area contributed by atoms with Gasteiger partial charge in [0.15, 0.2) is 0 Å². The Hall–Kier alpha value is -2.04. The summed E-state index contributed by atoms with van der Waals surface area (Å²) in [6.07, 6.45) is 0. The number of carbonyl (C=O) groups excluding carboxylic acids is 1. The van der Waals surface area contributed by atoms with Gasteiger partial charge in [-0.3, -0.25) is 14.9 Å². The van der Waals surface area contributed by atoms with E-state index in [0.717, 1.165) is 6.07 Å². The van der Waals surface area contributed by atoms with E-state index >= 15 is 0 Å². The molecule has 1 amide bonds. The molecular formula is C10H14N4O5S. The largest absolute Gasteiger partial charge is 0.354 e. The van der Waals surface area contributed by atoms with E-state index in [4.69, 9.17) is 5.73 Å². The van der Waals surface area contributed by atoms with Gasteiger partial charge >= 0.3 is 0 Å². The maximum Gasteiger partial charge on any atom is 0.270 e. The van der Waals surface area contributed by atoms with Gasteiger partial charge in [0, 0.05) is 25.2 Å². The Kier molecular flexibility index (Phi) is 5.55. The van der Waals surface area contributed by atoms with E-state index < -0.39 is 20.9 Å². The molecule has 0 aliphatic rings. The zero-order valence-corrected chi connectivity index (χ0v) is 11.2. The smallest absolute Gasteiger partial charge is 0.270 e. The fourth-order valence-corrected chi connectivity index (χ4v) is 2.38. The molecule has 0 saturated heterocycles. The van der Waals surface area contributed by atoms with E-state index in [1.807, 2.05) is 0 Å². The Morgan fingerprint density at radius 2 is 2.05 bits per heavy atom. The molecule has 110 valence electrons. The molecule has 0 heterocycles. The van der Waals surface area contributed by atoms with Gasteiger partial charge in [0.2, 0.25) is 15.9 Å². The summed E-state index contributed by atoms with van der Waals surface area (Å²) < 4.78 is 25.9. The van der Waals surface area contributed by atoms with E-state index in [0.29, 0.717) is 0 Å². The fourth-order valence-electron chi connectivity index (χ4n) is 1.31. The highest BCUT2D eigenvalue weighted by Gasteiger charge is 2.16. The Morgan fingerprint density at radius 3 is 2.65 bits per heavy atom. The third-order valence-electron chi connectivity index (χ3n) is 2.26. The number of nitro benzene ring substituents is 1. The molecule has 0 atom stereocenters. The van der Waals surface area contributed by atoms with E-state index in [2.05, 4.69) is 10.0 Å². The zero-order chi connectivity index (χ0) is 15.2. The van der Waals surface area contributed by atoms with Crippen LogP contribution < -0.4 is 15.8 Å². The monoisotopic (exact) mass is 302 g/mol. The maximum absolute atomic E-state index is 11.9. The summed E-state index contributed by atoms with van der Waals surface area (Å²) in [7, 11) is -3.86. The second-order valence-corrected chi connectivity index (χ2v) is 5.47. The highest BCUT2D eigenvalue weighted by molar-refractivity contribution is 7.89. The van der Waals surface area contributed by atoms with Gasteiger partial charge in [0.05, 0.1) is 16.4 Å². The van der Waals surface area contributed by atoms with Crippen molar-refractivity contribution in [2.24, 2.45) is 5.73 Å². The molecule has 0 saturated carbocycles. The van der Waals surface area contributed by atoms with Gasteiger partial charge in [0.1, 0.15) is 0 Å². The Morgan fingerprint density at radius 1 is 1.35 bits per heavy atom. The molecule has 1 aromatic rings. The van der Waals surface area contributed by atoms with Crippen molar-refractivity contribution in [1.29, 1.82) is 0 Å². The van der Waals surface area contributed by atoms with Crippen LogP contribution in [-0.4, -0.2) is 38.9 Å². The lowest BCUT2D eigenvalue weighted by molar-refractivity contribution is -0.385. The normalized spacial score (nSPS) is 11.1. The fraction of sp³-hybridized carbons (Fsp3) is 0.300. The lowest BCUT2D eigenvalue weighted by Gasteiger charge is -2.07. The summed E-state index contributed by atoms with van der Waals surface area (Å²) in [5.74, 6) is -0.403. The van der Waals surface area contributed by atoms with E-state index in [1.165, 1.54) is 18.2 Å². The Balaban J connectivity index is 2.67. The number of carbonyl (C=O) groups is 1. The van der Waals surface area contributed by atoms with Crippen molar-refractivity contribution in [3.05, 3.63) is 34.4 Å². The summed E-state index contributed by atoms with van der Waals surface area (Å²) in [5, 5.41) is 13.0. The minimum atomic E-state index is -3.86. The van der Waals surface area contributed by atoms with Crippen LogP contribution in [0.4, 0.5) is 5.69 Å². The standard InChI is InChI=1S/C10H14N4O5S/c11-7-10(15)12-4-5-13-20(18,19)9-3-1-2-8(6-9)14(16)17/h1-3,6,13H,4-5,7,11H2,(H,12,15). The third kappa shape index (κ3) is 4.57. The van der Waals surface area contributed by atoms with Crippen LogP contribution in [0.3, 0.4) is 0 Å². The number of rotatable bonds is 7. The number of amides is 1. The van der Waals surface area contributed by atoms with Crippen LogP contribution in [0.25, 0.3) is 0 Å². The number of nitrogens with two attached hydrogens (primary N) is 1. The van der Waals surface area contributed by atoms with Crippen molar-refractivity contribution in [3.8, 4) is 0 Å². The van der Waals surface area contributed by atoms with Crippen molar-refractivity contribution in [3.63, 3.8) is 0 Å². The summed E-state index contributed by atoms with van der Waals surface area (Å²) in [6.45, 7) is -0.154. The van der Waals surface area contributed by atoms with Gasteiger partial charge < -0.3 is 11.1 Å². The summed E-state index contributed by atoms with van der Waals surface area (Å²) in [6, 6.07) is 4.68. The summed E-state index contributed by atoms with van der Waals surface area (Å²) in [4.78, 5) is 20.5. The van der Waals surface area contributed by atoms with Crippen LogP contribution in [0.5, 0.6) is 0 Å². The zero-order valence-electron chi connectivity index (χ0n) is 10.4. The molecule has 0 unspecified atom stereocenters. The summed E-state index contributed by atoms with van der Waals surface area (Å²) in [5.41, 5.74) is 4.75. The van der Waals surface area contributed by atoms with Gasteiger partial charge in [-0.25, -0.2) is 13.1 Å². The number of nitro groups is 1. The predicted octanol–water partition coefficient (Wildman–Crippen LogP) is -1.05. The molecular weight excluding hydrogens is 288 g/mol. The van der Waals surface area contributed by atoms with Crippen LogP contribution in [0.2, 0.25) is 0 Å². The van der Waals surface area contributed by atoms with Crippen LogP contribution in [0.1, 0.15) is 0 Å². The highest BCUT2D eigenvalue weighted by Crippen LogP contribution is 2.16. The van der Waals surface area contributed by atoms with Gasteiger partial charge in [-0.05, 0) is 6.07 Å². The molecule has 1 aromatic carbocycles. The molecule has 0 spiro atoms. The van der Waals surface area contributed by atoms with Crippen LogP contribution >= 0.6 is 0 Å². The first kappa shape index (κ1) is 16.0. The van der Waals surface area contributed by atoms with Gasteiger partial charge in [0.25, 0.3) is 5.69 Å². The number of non-ortho nitro benzene ring substituents is 1. The number of nitrogens with zero attached hydrogens (tertiary/aromatic N) is 1. The van der Waals surface area contributed by atoms with Crippen molar-refractivity contribution < 1.29 is 18.1 Å². The molecule has 10 heteroatoms. The Bertz CT molecular complexity index is 601. The average molecular weight is 302 g/mol. The van der Waals surface area contributed by atoms with E-state index in [1.54, 1.807) is 0 Å². The topological polar surface area (TPSA) is 144 Å². The first-order valence-corrected chi connectivity index (χ1v) is 7.06. The quantitative estimate of drug-likeness (QED) is 0.333. The number of nitrogens with one attached hydrogen (secondary N) is 2. The van der Waals surface area contributed by atoms with Crippen LogP contribution in [0, 0.1) is 10.1 Å². The van der Waals surface area contributed by atoms with E-state index in [-0.39, 0.29) is 30.2 Å². The van der Waals surface area contributed by atoms with Gasteiger partial charge in [-0.15, -0.1) is 0 Å². The molecule has 9 nitrogen and oxygen atoms in total. The molecule has 0 radical (unpaired) electrons. The minimum Gasteiger partial charge on any atom is -0.354 e. The maximum atomic E-state index is 11.9. The van der Waals surface area contributed by atoms with Crippen LogP contribution in [-0.2, 0) is 14.8 Å². The summed E-state index contributed by atoms with van der Waals surface area (Å²) >= 11 is 0. The molecule has 0 aliphatic carbocycles. The first-order valence-electron chi connectivity index (χ1n) is 5.57. The number of hydrogen-bond acceptors (Lipinski definition) is 6. The van der Waals surface area contributed by atoms with Crippen LogP contribution in [0.15, 0.2) is 29.2 Å². The van der Waals surface area contributed by atoms with Gasteiger partial charge in [-0.2, -0.15) is 0 Å². The SMILES string of the molecule is NCC(=O)NCCNS(=O)(=O)c1cccc([N+](=O)[O-])c1. The van der Waals surface area contributed by atoms with Crippen molar-refractivity contribution >= 4 is 21.6 Å². The lowest BCUT2D eigenvalue weighted by Crippen LogP contribution is -2.37. The predicted molar refractivity (Wildman–Crippen MR) is 70.3 cm³/mol. The second-order valence-electron chi connectivity index (χ2n) is 3.71. The molecule has 0 aliphatic heterocycles. The molecule has 1 rings (SSSR count). The van der Waals surface area contributed by atoms with Crippen molar-refractivity contribution in [2.75, 3.05) is 19.6 Å². The minimum absolute atomic E-state index is 0.0449. The van der Waals surface area contributed by atoms with Crippen molar-refractivity contribution in [1.82, 2.24) is 10.0 Å². The average Bonchev–Trinajstić information content (AvgIpc) is 2.43. The molecule has 20 heavy (non-hydrogen) atoms. The highest BCUT2D eigenvalue weighted by atomic mass is 32.2. The number of benzene rings is 1. The first-order chi connectivity index (χ1) is 9.36. The molecule has 0 aromatic heterocycles.